The fourth-order valence-corrected chi connectivity index (χ4v) is 1.61. The van der Waals surface area contributed by atoms with Crippen LogP contribution >= 0.6 is 11.6 Å². The highest BCUT2D eigenvalue weighted by Gasteiger charge is 2.17. The first kappa shape index (κ1) is 13.3. The monoisotopic (exact) mass is 281 g/mol. The molecule has 0 aliphatic heterocycles. The summed E-state index contributed by atoms with van der Waals surface area (Å²) in [7, 11) is 0. The van der Waals surface area contributed by atoms with E-state index in [4.69, 9.17) is 21.4 Å². The SMILES string of the molecule is Cc1ccc(Cl)c(Oc2nccc(C(=O)O)c2F)c1. The Hall–Kier alpha value is -2.14. The Bertz CT molecular complexity index is 646. The summed E-state index contributed by atoms with van der Waals surface area (Å²) < 4.78 is 19.1. The van der Waals surface area contributed by atoms with Gasteiger partial charge in [0.25, 0.3) is 5.88 Å². The van der Waals surface area contributed by atoms with Gasteiger partial charge in [0, 0.05) is 6.20 Å². The maximum Gasteiger partial charge on any atom is 0.338 e. The number of rotatable bonds is 3. The first-order valence-corrected chi connectivity index (χ1v) is 5.68. The van der Waals surface area contributed by atoms with Crippen LogP contribution in [-0.4, -0.2) is 16.1 Å². The second kappa shape index (κ2) is 5.24. The van der Waals surface area contributed by atoms with Gasteiger partial charge in [-0.3, -0.25) is 0 Å². The van der Waals surface area contributed by atoms with E-state index in [0.717, 1.165) is 17.8 Å². The molecule has 0 fully saturated rings. The van der Waals surface area contributed by atoms with Crippen molar-refractivity contribution in [3.63, 3.8) is 0 Å². The van der Waals surface area contributed by atoms with Crippen LogP contribution < -0.4 is 4.74 Å². The van der Waals surface area contributed by atoms with Crippen molar-refractivity contribution in [2.45, 2.75) is 6.92 Å². The van der Waals surface area contributed by atoms with E-state index >= 15 is 0 Å². The predicted molar refractivity (Wildman–Crippen MR) is 67.4 cm³/mol. The molecule has 0 saturated carbocycles. The second-order valence-electron chi connectivity index (χ2n) is 3.82. The molecule has 2 rings (SSSR count). The summed E-state index contributed by atoms with van der Waals surface area (Å²) in [6, 6.07) is 6.04. The third-order valence-electron chi connectivity index (χ3n) is 2.38. The third-order valence-corrected chi connectivity index (χ3v) is 2.69. The van der Waals surface area contributed by atoms with Crippen LogP contribution in [0.15, 0.2) is 30.5 Å². The molecule has 98 valence electrons. The standard InChI is InChI=1S/C13H9ClFNO3/c1-7-2-3-9(14)10(6-7)19-12-11(15)8(13(17)18)4-5-16-12/h2-6H,1H3,(H,17,18). The molecule has 2 aromatic rings. The van der Waals surface area contributed by atoms with Gasteiger partial charge in [-0.05, 0) is 30.7 Å². The minimum atomic E-state index is -1.39. The number of halogens is 2. The second-order valence-corrected chi connectivity index (χ2v) is 4.23. The topological polar surface area (TPSA) is 59.4 Å². The minimum absolute atomic E-state index is 0.218. The van der Waals surface area contributed by atoms with Gasteiger partial charge in [0.1, 0.15) is 11.3 Å². The van der Waals surface area contributed by atoms with Crippen LogP contribution in [0.5, 0.6) is 11.6 Å². The average molecular weight is 282 g/mol. The first-order valence-electron chi connectivity index (χ1n) is 5.31. The molecule has 4 nitrogen and oxygen atoms in total. The Morgan fingerprint density at radius 2 is 2.16 bits per heavy atom. The molecule has 1 aromatic heterocycles. The molecule has 0 saturated heterocycles. The van der Waals surface area contributed by atoms with Crippen LogP contribution in [0.4, 0.5) is 4.39 Å². The molecule has 0 spiro atoms. The van der Waals surface area contributed by atoms with Gasteiger partial charge < -0.3 is 9.84 Å². The number of ether oxygens (including phenoxy) is 1. The summed E-state index contributed by atoms with van der Waals surface area (Å²) in [6.45, 7) is 1.82. The highest BCUT2D eigenvalue weighted by atomic mass is 35.5. The van der Waals surface area contributed by atoms with E-state index in [1.54, 1.807) is 18.2 Å². The van der Waals surface area contributed by atoms with E-state index < -0.39 is 23.2 Å². The average Bonchev–Trinajstić information content (AvgIpc) is 2.36. The van der Waals surface area contributed by atoms with E-state index in [1.165, 1.54) is 0 Å². The zero-order valence-electron chi connectivity index (χ0n) is 9.85. The smallest absolute Gasteiger partial charge is 0.338 e. The van der Waals surface area contributed by atoms with Gasteiger partial charge >= 0.3 is 5.97 Å². The number of nitrogens with zero attached hydrogens (tertiary/aromatic N) is 1. The lowest BCUT2D eigenvalue weighted by Gasteiger charge is -2.09. The first-order chi connectivity index (χ1) is 8.99. The molecule has 6 heteroatoms. The lowest BCUT2D eigenvalue weighted by atomic mass is 10.2. The summed E-state index contributed by atoms with van der Waals surface area (Å²) >= 11 is 5.91. The van der Waals surface area contributed by atoms with Crippen LogP contribution in [0.3, 0.4) is 0 Å². The number of benzene rings is 1. The molecule has 19 heavy (non-hydrogen) atoms. The van der Waals surface area contributed by atoms with Crippen molar-refractivity contribution in [2.75, 3.05) is 0 Å². The van der Waals surface area contributed by atoms with E-state index in [9.17, 15) is 9.18 Å². The molecule has 0 radical (unpaired) electrons. The fraction of sp³-hybridized carbons (Fsp3) is 0.0769. The van der Waals surface area contributed by atoms with Gasteiger partial charge in [0.15, 0.2) is 5.82 Å². The Morgan fingerprint density at radius 3 is 2.84 bits per heavy atom. The maximum absolute atomic E-state index is 13.8. The molecular formula is C13H9ClFNO3. The van der Waals surface area contributed by atoms with Gasteiger partial charge in [-0.25, -0.2) is 14.2 Å². The molecule has 1 heterocycles. The molecule has 0 aliphatic carbocycles. The van der Waals surface area contributed by atoms with Gasteiger partial charge in [-0.2, -0.15) is 0 Å². The predicted octanol–water partition coefficient (Wildman–Crippen LogP) is 3.67. The van der Waals surface area contributed by atoms with E-state index in [-0.39, 0.29) is 10.8 Å². The molecule has 0 amide bonds. The quantitative estimate of drug-likeness (QED) is 0.932. The van der Waals surface area contributed by atoms with Gasteiger partial charge in [0.05, 0.1) is 5.02 Å². The van der Waals surface area contributed by atoms with Crippen molar-refractivity contribution < 1.29 is 19.0 Å². The maximum atomic E-state index is 13.8. The third kappa shape index (κ3) is 2.82. The van der Waals surface area contributed by atoms with Crippen LogP contribution in [0.2, 0.25) is 5.02 Å². The lowest BCUT2D eigenvalue weighted by Crippen LogP contribution is -2.03. The molecule has 0 aliphatic rings. The van der Waals surface area contributed by atoms with E-state index in [2.05, 4.69) is 4.98 Å². The number of carboxylic acid groups (broad SMARTS) is 1. The molecule has 0 unspecified atom stereocenters. The molecule has 1 aromatic carbocycles. The summed E-state index contributed by atoms with van der Waals surface area (Å²) in [5, 5.41) is 9.09. The van der Waals surface area contributed by atoms with Crippen molar-refractivity contribution in [3.05, 3.63) is 52.4 Å². The molecular weight excluding hydrogens is 273 g/mol. The Kier molecular flexibility index (Phi) is 3.66. The summed E-state index contributed by atoms with van der Waals surface area (Å²) in [4.78, 5) is 14.5. The molecule has 1 N–H and O–H groups in total. The van der Waals surface area contributed by atoms with E-state index in [0.29, 0.717) is 0 Å². The van der Waals surface area contributed by atoms with Crippen LogP contribution in [0.25, 0.3) is 0 Å². The Labute approximate surface area is 113 Å². The van der Waals surface area contributed by atoms with Crippen molar-refractivity contribution in [1.82, 2.24) is 4.98 Å². The fourth-order valence-electron chi connectivity index (χ4n) is 1.45. The number of carbonyl (C=O) groups is 1. The normalized spacial score (nSPS) is 10.3. The number of aryl methyl sites for hydroxylation is 1. The highest BCUT2D eigenvalue weighted by molar-refractivity contribution is 6.32. The number of pyridine rings is 1. The number of carboxylic acids is 1. The van der Waals surface area contributed by atoms with Crippen molar-refractivity contribution in [1.29, 1.82) is 0 Å². The van der Waals surface area contributed by atoms with Gasteiger partial charge in [0.2, 0.25) is 0 Å². The summed E-state index contributed by atoms with van der Waals surface area (Å²) in [5.41, 5.74) is 0.364. The van der Waals surface area contributed by atoms with Crippen molar-refractivity contribution in [2.24, 2.45) is 0 Å². The van der Waals surface area contributed by atoms with Gasteiger partial charge in [-0.1, -0.05) is 17.7 Å². The minimum Gasteiger partial charge on any atom is -0.478 e. The summed E-state index contributed by atoms with van der Waals surface area (Å²) in [5.74, 6) is -2.63. The van der Waals surface area contributed by atoms with Gasteiger partial charge in [-0.15, -0.1) is 0 Å². The van der Waals surface area contributed by atoms with Crippen LogP contribution in [-0.2, 0) is 0 Å². The van der Waals surface area contributed by atoms with Crippen molar-refractivity contribution in [3.8, 4) is 11.6 Å². The highest BCUT2D eigenvalue weighted by Crippen LogP contribution is 2.31. The number of hydrogen-bond donors (Lipinski definition) is 1. The number of hydrogen-bond acceptors (Lipinski definition) is 3. The van der Waals surface area contributed by atoms with Crippen LogP contribution in [0, 0.1) is 12.7 Å². The van der Waals surface area contributed by atoms with E-state index in [1.807, 2.05) is 6.92 Å². The zero-order chi connectivity index (χ0) is 14.0. The Morgan fingerprint density at radius 1 is 1.42 bits per heavy atom. The summed E-state index contributed by atoms with van der Waals surface area (Å²) in [6.07, 6.45) is 1.16. The van der Waals surface area contributed by atoms with Crippen LogP contribution in [0.1, 0.15) is 15.9 Å². The van der Waals surface area contributed by atoms with Crippen molar-refractivity contribution >= 4 is 17.6 Å². The molecule has 0 atom stereocenters. The largest absolute Gasteiger partial charge is 0.478 e. The molecule has 0 bridgehead atoms. The number of aromatic carboxylic acids is 1. The number of aromatic nitrogens is 1. The Balaban J connectivity index is 2.41. The zero-order valence-corrected chi connectivity index (χ0v) is 10.6. The lowest BCUT2D eigenvalue weighted by molar-refractivity contribution is 0.0690.